The van der Waals surface area contributed by atoms with E-state index >= 15 is 0 Å². The Bertz CT molecular complexity index is 448. The number of hydrogen-bond acceptors (Lipinski definition) is 3. The summed E-state index contributed by atoms with van der Waals surface area (Å²) in [6.07, 6.45) is 3.59. The molecule has 18 heavy (non-hydrogen) atoms. The molecule has 1 rings (SSSR count). The normalized spacial score (nSPS) is 10.8. The van der Waals surface area contributed by atoms with Gasteiger partial charge in [-0.05, 0) is 31.6 Å². The van der Waals surface area contributed by atoms with Gasteiger partial charge in [0.15, 0.2) is 0 Å². The van der Waals surface area contributed by atoms with Crippen LogP contribution < -0.4 is 0 Å². The van der Waals surface area contributed by atoms with E-state index in [-0.39, 0.29) is 12.5 Å². The van der Waals surface area contributed by atoms with E-state index < -0.39 is 5.97 Å². The lowest BCUT2D eigenvalue weighted by molar-refractivity contribution is -0.142. The largest absolute Gasteiger partial charge is 0.480 e. The summed E-state index contributed by atoms with van der Waals surface area (Å²) in [5.74, 6) is -0.00183. The van der Waals surface area contributed by atoms with Gasteiger partial charge >= 0.3 is 5.97 Å². The number of aryl methyl sites for hydroxylation is 1. The molecular weight excluding hydrogens is 234 g/mol. The molecule has 0 fully saturated rings. The first-order chi connectivity index (χ1) is 8.52. The van der Waals surface area contributed by atoms with Crippen molar-refractivity contribution in [3.63, 3.8) is 0 Å². The molecule has 0 saturated carbocycles. The van der Waals surface area contributed by atoms with Crippen LogP contribution in [0.15, 0.2) is 22.6 Å². The van der Waals surface area contributed by atoms with Crippen LogP contribution in [0.5, 0.6) is 0 Å². The van der Waals surface area contributed by atoms with E-state index in [1.54, 1.807) is 18.2 Å². The maximum Gasteiger partial charge on any atom is 0.323 e. The molecule has 0 aromatic carbocycles. The highest BCUT2D eigenvalue weighted by Gasteiger charge is 2.13. The highest BCUT2D eigenvalue weighted by Crippen LogP contribution is 2.08. The quantitative estimate of drug-likeness (QED) is 0.784. The Kier molecular flexibility index (Phi) is 5.17. The van der Waals surface area contributed by atoms with Gasteiger partial charge in [-0.1, -0.05) is 6.92 Å². The zero-order chi connectivity index (χ0) is 13.5. The van der Waals surface area contributed by atoms with Gasteiger partial charge in [-0.3, -0.25) is 9.59 Å². The monoisotopic (exact) mass is 251 g/mol. The molecule has 1 heterocycles. The molecule has 0 aliphatic rings. The number of nitrogens with zero attached hydrogens (tertiary/aromatic N) is 1. The molecule has 0 radical (unpaired) electrons. The third-order valence-electron chi connectivity index (χ3n) is 2.28. The summed E-state index contributed by atoms with van der Waals surface area (Å²) in [6, 6.07) is 3.55. The molecule has 1 aromatic heterocycles. The van der Waals surface area contributed by atoms with Crippen LogP contribution in [0.3, 0.4) is 0 Å². The van der Waals surface area contributed by atoms with Gasteiger partial charge in [-0.25, -0.2) is 0 Å². The zero-order valence-corrected chi connectivity index (χ0v) is 10.5. The van der Waals surface area contributed by atoms with Gasteiger partial charge in [0, 0.05) is 12.6 Å². The predicted molar refractivity (Wildman–Crippen MR) is 67.0 cm³/mol. The first-order valence-corrected chi connectivity index (χ1v) is 5.78. The first kappa shape index (κ1) is 14.0. The molecular formula is C13H17NO4. The Morgan fingerprint density at radius 1 is 1.44 bits per heavy atom. The molecule has 0 bridgehead atoms. The molecule has 0 unspecified atom stereocenters. The van der Waals surface area contributed by atoms with Gasteiger partial charge in [-0.15, -0.1) is 0 Å². The summed E-state index contributed by atoms with van der Waals surface area (Å²) in [5, 5.41) is 8.71. The minimum atomic E-state index is -1.01. The summed E-state index contributed by atoms with van der Waals surface area (Å²) >= 11 is 0. The van der Waals surface area contributed by atoms with E-state index in [4.69, 9.17) is 9.52 Å². The van der Waals surface area contributed by atoms with Crippen molar-refractivity contribution in [3.05, 3.63) is 29.7 Å². The smallest absolute Gasteiger partial charge is 0.323 e. The van der Waals surface area contributed by atoms with Gasteiger partial charge in [0.05, 0.1) is 0 Å². The third-order valence-corrected chi connectivity index (χ3v) is 2.28. The topological polar surface area (TPSA) is 70.8 Å². The van der Waals surface area contributed by atoms with Gasteiger partial charge < -0.3 is 14.4 Å². The number of furan rings is 1. The van der Waals surface area contributed by atoms with E-state index in [1.807, 2.05) is 13.8 Å². The second-order valence-corrected chi connectivity index (χ2v) is 3.94. The number of carbonyl (C=O) groups excluding carboxylic acids is 1. The Hall–Kier alpha value is -2.04. The van der Waals surface area contributed by atoms with E-state index in [0.29, 0.717) is 18.7 Å². The first-order valence-electron chi connectivity index (χ1n) is 5.78. The fourth-order valence-corrected chi connectivity index (χ4v) is 1.50. The number of rotatable bonds is 6. The average Bonchev–Trinajstić information content (AvgIpc) is 2.71. The third kappa shape index (κ3) is 4.45. The molecule has 5 nitrogen and oxygen atoms in total. The Morgan fingerprint density at radius 2 is 2.17 bits per heavy atom. The number of carboxylic acids is 1. The van der Waals surface area contributed by atoms with E-state index in [1.165, 1.54) is 11.0 Å². The van der Waals surface area contributed by atoms with Crippen LogP contribution in [-0.4, -0.2) is 35.0 Å². The lowest BCUT2D eigenvalue weighted by Gasteiger charge is -2.17. The second kappa shape index (κ2) is 6.64. The number of carboxylic acid groups (broad SMARTS) is 1. The second-order valence-electron chi connectivity index (χ2n) is 3.94. The van der Waals surface area contributed by atoms with Crippen LogP contribution in [0.2, 0.25) is 0 Å². The standard InChI is InChI=1S/C13H17NO4/c1-3-8-14(9-13(16)17)12(15)7-6-11-5-4-10(2)18-11/h4-7H,3,8-9H2,1-2H3,(H,16,17). The van der Waals surface area contributed by atoms with Gasteiger partial charge in [0.1, 0.15) is 18.1 Å². The van der Waals surface area contributed by atoms with Crippen molar-refractivity contribution in [1.29, 1.82) is 0 Å². The molecule has 1 aromatic rings. The number of amides is 1. The van der Waals surface area contributed by atoms with Crippen LogP contribution in [0, 0.1) is 6.92 Å². The molecule has 0 saturated heterocycles. The molecule has 0 spiro atoms. The van der Waals surface area contributed by atoms with Crippen LogP contribution in [0.25, 0.3) is 6.08 Å². The summed E-state index contributed by atoms with van der Waals surface area (Å²) in [7, 11) is 0. The summed E-state index contributed by atoms with van der Waals surface area (Å²) in [6.45, 7) is 3.84. The Labute approximate surface area is 106 Å². The maximum atomic E-state index is 11.8. The van der Waals surface area contributed by atoms with Crippen molar-refractivity contribution in [3.8, 4) is 0 Å². The van der Waals surface area contributed by atoms with Crippen molar-refractivity contribution in [2.45, 2.75) is 20.3 Å². The van der Waals surface area contributed by atoms with Crippen LogP contribution >= 0.6 is 0 Å². The maximum absolute atomic E-state index is 11.8. The van der Waals surface area contributed by atoms with Crippen molar-refractivity contribution >= 4 is 18.0 Å². The molecule has 1 amide bonds. The van der Waals surface area contributed by atoms with Crippen LogP contribution in [-0.2, 0) is 9.59 Å². The van der Waals surface area contributed by atoms with Crippen molar-refractivity contribution < 1.29 is 19.1 Å². The average molecular weight is 251 g/mol. The van der Waals surface area contributed by atoms with Gasteiger partial charge in [0.2, 0.25) is 5.91 Å². The summed E-state index contributed by atoms with van der Waals surface area (Å²) in [5.41, 5.74) is 0. The lowest BCUT2D eigenvalue weighted by Crippen LogP contribution is -2.35. The van der Waals surface area contributed by atoms with Crippen molar-refractivity contribution in [2.24, 2.45) is 0 Å². The van der Waals surface area contributed by atoms with E-state index in [0.717, 1.165) is 5.76 Å². The minimum Gasteiger partial charge on any atom is -0.480 e. The van der Waals surface area contributed by atoms with E-state index in [2.05, 4.69) is 0 Å². The highest BCUT2D eigenvalue weighted by molar-refractivity contribution is 5.93. The predicted octanol–water partition coefficient (Wildman–Crippen LogP) is 1.92. The van der Waals surface area contributed by atoms with E-state index in [9.17, 15) is 9.59 Å². The molecule has 0 aliphatic heterocycles. The Balaban J connectivity index is 2.65. The molecule has 0 atom stereocenters. The summed E-state index contributed by atoms with van der Waals surface area (Å²) in [4.78, 5) is 23.7. The number of aliphatic carboxylic acids is 1. The van der Waals surface area contributed by atoms with Crippen molar-refractivity contribution in [2.75, 3.05) is 13.1 Å². The molecule has 0 aliphatic carbocycles. The lowest BCUT2D eigenvalue weighted by atomic mass is 10.3. The summed E-state index contributed by atoms with van der Waals surface area (Å²) < 4.78 is 5.28. The number of hydrogen-bond donors (Lipinski definition) is 1. The highest BCUT2D eigenvalue weighted by atomic mass is 16.4. The Morgan fingerprint density at radius 3 is 2.67 bits per heavy atom. The van der Waals surface area contributed by atoms with Crippen LogP contribution in [0.4, 0.5) is 0 Å². The minimum absolute atomic E-state index is 0.284. The van der Waals surface area contributed by atoms with Crippen LogP contribution in [0.1, 0.15) is 24.9 Å². The zero-order valence-electron chi connectivity index (χ0n) is 10.5. The fourth-order valence-electron chi connectivity index (χ4n) is 1.50. The SMILES string of the molecule is CCCN(CC(=O)O)C(=O)C=Cc1ccc(C)o1. The van der Waals surface area contributed by atoms with Crippen molar-refractivity contribution in [1.82, 2.24) is 4.90 Å². The van der Waals surface area contributed by atoms with Gasteiger partial charge in [-0.2, -0.15) is 0 Å². The number of carbonyl (C=O) groups is 2. The molecule has 5 heteroatoms. The molecule has 1 N–H and O–H groups in total. The van der Waals surface area contributed by atoms with Gasteiger partial charge in [0.25, 0.3) is 0 Å². The fraction of sp³-hybridized carbons (Fsp3) is 0.385. The molecule has 98 valence electrons.